The molecule has 1 unspecified atom stereocenters. The summed E-state index contributed by atoms with van der Waals surface area (Å²) in [5, 5.41) is 4.21. The minimum Gasteiger partial charge on any atom is -0.356 e. The molecular formula is C39H37ClN4O2S. The topological polar surface area (TPSA) is 75.2 Å². The number of anilines is 1. The molecule has 5 aromatic rings. The number of ketones is 1. The van der Waals surface area contributed by atoms with Crippen molar-refractivity contribution in [1.82, 2.24) is 15.3 Å². The number of amides is 1. The van der Waals surface area contributed by atoms with Crippen LogP contribution >= 0.6 is 23.4 Å². The largest absolute Gasteiger partial charge is 0.356 e. The summed E-state index contributed by atoms with van der Waals surface area (Å²) >= 11 is 7.96. The molecule has 8 heteroatoms. The Morgan fingerprint density at radius 1 is 0.830 bits per heavy atom. The van der Waals surface area contributed by atoms with Gasteiger partial charge >= 0.3 is 0 Å². The van der Waals surface area contributed by atoms with Crippen LogP contribution in [0.1, 0.15) is 58.4 Å². The smallest absolute Gasteiger partial charge is 0.251 e. The van der Waals surface area contributed by atoms with E-state index in [1.54, 1.807) is 13.0 Å². The van der Waals surface area contributed by atoms with Crippen molar-refractivity contribution in [2.24, 2.45) is 0 Å². The molecule has 1 aromatic heterocycles. The molecule has 1 atom stereocenters. The number of nitrogens with one attached hydrogen (secondary N) is 1. The molecule has 0 saturated carbocycles. The Bertz CT molecular complexity index is 1810. The lowest BCUT2D eigenvalue weighted by Gasteiger charge is -2.41. The van der Waals surface area contributed by atoms with Gasteiger partial charge in [0, 0.05) is 30.5 Å². The van der Waals surface area contributed by atoms with Crippen LogP contribution in [0.5, 0.6) is 0 Å². The molecule has 6 rings (SSSR count). The van der Waals surface area contributed by atoms with Gasteiger partial charge in [0.25, 0.3) is 5.91 Å². The molecule has 0 spiro atoms. The van der Waals surface area contributed by atoms with Crippen molar-refractivity contribution in [3.05, 3.63) is 154 Å². The molecule has 1 aliphatic rings. The van der Waals surface area contributed by atoms with E-state index in [1.165, 1.54) is 11.8 Å². The molecule has 6 nitrogen and oxygen atoms in total. The standard InChI is InChI=1S/C39H37ClN4O2S/c1-28(45)39(33-18-9-4-10-19-33)20-22-44(23-21-39)36-26-35(40)42-38(43-36)47-27-30-14-11-17-32(24-30)37(46)41-34(31-15-7-3-8-16-31)25-29-12-5-2-6-13-29/h2-19,24,26,34H,20-23,25,27H2,1H3,(H,41,46). The number of Topliss-reactive ketones (excluding diaryl/α,β-unsaturated/α-hetero) is 1. The summed E-state index contributed by atoms with van der Waals surface area (Å²) in [6, 6.07) is 39.7. The quantitative estimate of drug-likeness (QED) is 0.0873. The van der Waals surface area contributed by atoms with Gasteiger partial charge in [-0.05, 0) is 60.6 Å². The summed E-state index contributed by atoms with van der Waals surface area (Å²) in [5.41, 5.74) is 4.40. The van der Waals surface area contributed by atoms with Crippen molar-refractivity contribution < 1.29 is 9.59 Å². The third-order valence-electron chi connectivity index (χ3n) is 8.95. The van der Waals surface area contributed by atoms with Crippen LogP contribution in [0, 0.1) is 0 Å². The number of thioether (sulfide) groups is 1. The van der Waals surface area contributed by atoms with Gasteiger partial charge in [-0.3, -0.25) is 9.59 Å². The number of hydrogen-bond acceptors (Lipinski definition) is 6. The first-order valence-electron chi connectivity index (χ1n) is 15.9. The van der Waals surface area contributed by atoms with Gasteiger partial charge < -0.3 is 10.2 Å². The van der Waals surface area contributed by atoms with E-state index in [4.69, 9.17) is 16.6 Å². The highest BCUT2D eigenvalue weighted by atomic mass is 35.5. The summed E-state index contributed by atoms with van der Waals surface area (Å²) in [6.07, 6.45) is 2.11. The van der Waals surface area contributed by atoms with Crippen molar-refractivity contribution in [2.75, 3.05) is 18.0 Å². The zero-order valence-electron chi connectivity index (χ0n) is 26.3. The summed E-state index contributed by atoms with van der Waals surface area (Å²) in [6.45, 7) is 3.08. The summed E-state index contributed by atoms with van der Waals surface area (Å²) in [5.74, 6) is 1.42. The number of rotatable bonds is 11. The average molecular weight is 661 g/mol. The second kappa shape index (κ2) is 15.0. The van der Waals surface area contributed by atoms with Gasteiger partial charge in [-0.1, -0.05) is 126 Å². The maximum Gasteiger partial charge on any atom is 0.251 e. The third kappa shape index (κ3) is 7.92. The number of hydrogen-bond donors (Lipinski definition) is 1. The van der Waals surface area contributed by atoms with Crippen LogP contribution in [0.15, 0.2) is 126 Å². The van der Waals surface area contributed by atoms with Gasteiger partial charge in [0.1, 0.15) is 16.8 Å². The second-order valence-electron chi connectivity index (χ2n) is 11.9. The zero-order chi connectivity index (χ0) is 32.6. The van der Waals surface area contributed by atoms with Crippen LogP contribution in [-0.2, 0) is 22.4 Å². The molecule has 2 heterocycles. The Kier molecular flexibility index (Phi) is 10.3. The van der Waals surface area contributed by atoms with E-state index in [2.05, 4.69) is 39.5 Å². The van der Waals surface area contributed by atoms with Crippen LogP contribution in [0.25, 0.3) is 0 Å². The summed E-state index contributed by atoms with van der Waals surface area (Å²) < 4.78 is 0. The summed E-state index contributed by atoms with van der Waals surface area (Å²) in [4.78, 5) is 37.9. The van der Waals surface area contributed by atoms with Crippen molar-refractivity contribution >= 4 is 40.9 Å². The van der Waals surface area contributed by atoms with E-state index in [-0.39, 0.29) is 17.7 Å². The predicted molar refractivity (Wildman–Crippen MR) is 190 cm³/mol. The first kappa shape index (κ1) is 32.5. The first-order valence-corrected chi connectivity index (χ1v) is 17.2. The zero-order valence-corrected chi connectivity index (χ0v) is 27.9. The Balaban J connectivity index is 1.11. The molecule has 0 aliphatic carbocycles. The Morgan fingerprint density at radius 2 is 1.47 bits per heavy atom. The van der Waals surface area contributed by atoms with Gasteiger partial charge in [-0.15, -0.1) is 0 Å². The number of halogens is 1. The maximum atomic E-state index is 13.5. The Hall–Kier alpha value is -4.46. The van der Waals surface area contributed by atoms with Crippen molar-refractivity contribution in [3.8, 4) is 0 Å². The Labute approximate surface area is 285 Å². The monoisotopic (exact) mass is 660 g/mol. The molecule has 1 amide bonds. The van der Waals surface area contributed by atoms with Gasteiger partial charge in [0.05, 0.1) is 11.5 Å². The molecule has 1 aliphatic heterocycles. The fourth-order valence-electron chi connectivity index (χ4n) is 6.31. The van der Waals surface area contributed by atoms with Gasteiger partial charge in [-0.2, -0.15) is 0 Å². The highest BCUT2D eigenvalue weighted by Gasteiger charge is 2.40. The third-order valence-corrected chi connectivity index (χ3v) is 10.1. The molecule has 238 valence electrons. The van der Waals surface area contributed by atoms with Gasteiger partial charge in [-0.25, -0.2) is 9.97 Å². The maximum absolute atomic E-state index is 13.5. The van der Waals surface area contributed by atoms with Crippen LogP contribution in [0.4, 0.5) is 5.82 Å². The molecule has 0 bridgehead atoms. The number of carbonyl (C=O) groups is 2. The molecular weight excluding hydrogens is 624 g/mol. The second-order valence-corrected chi connectivity index (χ2v) is 13.3. The van der Waals surface area contributed by atoms with E-state index in [1.807, 2.05) is 91.0 Å². The van der Waals surface area contributed by atoms with Crippen LogP contribution in [0.2, 0.25) is 5.15 Å². The van der Waals surface area contributed by atoms with Crippen LogP contribution in [0.3, 0.4) is 0 Å². The molecule has 4 aromatic carbocycles. The van der Waals surface area contributed by atoms with Crippen LogP contribution in [-0.4, -0.2) is 34.7 Å². The van der Waals surface area contributed by atoms with E-state index in [0.29, 0.717) is 54.0 Å². The van der Waals surface area contributed by atoms with Gasteiger partial charge in [0.2, 0.25) is 0 Å². The minimum atomic E-state index is -0.480. The number of aromatic nitrogens is 2. The average Bonchev–Trinajstić information content (AvgIpc) is 3.11. The fourth-order valence-corrected chi connectivity index (χ4v) is 7.33. The summed E-state index contributed by atoms with van der Waals surface area (Å²) in [7, 11) is 0. The number of benzene rings is 4. The fraction of sp³-hybridized carbons (Fsp3) is 0.231. The van der Waals surface area contributed by atoms with Crippen molar-refractivity contribution in [3.63, 3.8) is 0 Å². The first-order chi connectivity index (χ1) is 22.9. The lowest BCUT2D eigenvalue weighted by Crippen LogP contribution is -2.47. The molecule has 0 radical (unpaired) electrons. The van der Waals surface area contributed by atoms with E-state index in [9.17, 15) is 9.59 Å². The van der Waals surface area contributed by atoms with Crippen molar-refractivity contribution in [2.45, 2.75) is 48.6 Å². The van der Waals surface area contributed by atoms with E-state index >= 15 is 0 Å². The number of piperidine rings is 1. The molecule has 47 heavy (non-hydrogen) atoms. The predicted octanol–water partition coefficient (Wildman–Crippen LogP) is 8.26. The highest BCUT2D eigenvalue weighted by Crippen LogP contribution is 2.38. The lowest BCUT2D eigenvalue weighted by atomic mass is 9.70. The van der Waals surface area contributed by atoms with Crippen molar-refractivity contribution in [1.29, 1.82) is 0 Å². The van der Waals surface area contributed by atoms with E-state index in [0.717, 1.165) is 28.1 Å². The number of nitrogens with zero attached hydrogens (tertiary/aromatic N) is 3. The SMILES string of the molecule is CC(=O)C1(c2ccccc2)CCN(c2cc(Cl)nc(SCc3cccc(C(=O)NC(Cc4ccccc4)c4ccccc4)c3)n2)CC1. The van der Waals surface area contributed by atoms with Crippen LogP contribution < -0.4 is 10.2 Å². The Morgan fingerprint density at radius 3 is 2.15 bits per heavy atom. The lowest BCUT2D eigenvalue weighted by molar-refractivity contribution is -0.123. The molecule has 1 N–H and O–H groups in total. The van der Waals surface area contributed by atoms with Gasteiger partial charge in [0.15, 0.2) is 5.16 Å². The number of carbonyl (C=O) groups excluding carboxylic acids is 2. The van der Waals surface area contributed by atoms with E-state index < -0.39 is 5.41 Å². The molecule has 1 fully saturated rings. The minimum absolute atomic E-state index is 0.120. The highest BCUT2D eigenvalue weighted by molar-refractivity contribution is 7.98. The molecule has 1 saturated heterocycles. The normalized spacial score (nSPS) is 14.7.